The molecule has 2 saturated heterocycles. The van der Waals surface area contributed by atoms with Crippen LogP contribution < -0.4 is 0 Å². The van der Waals surface area contributed by atoms with Crippen LogP contribution in [-0.2, 0) is 14.8 Å². The monoisotopic (exact) mass is 404 g/mol. The molecule has 0 N–H and O–H groups in total. The second-order valence-electron chi connectivity index (χ2n) is 7.18. The van der Waals surface area contributed by atoms with Crippen LogP contribution in [0.4, 0.5) is 13.2 Å². The number of likely N-dealkylation sites (tertiary alicyclic amines) is 1. The van der Waals surface area contributed by atoms with Gasteiger partial charge in [0, 0.05) is 26.2 Å². The van der Waals surface area contributed by atoms with Gasteiger partial charge in [-0.2, -0.15) is 17.5 Å². The number of carbonyl (C=O) groups excluding carboxylic acids is 1. The van der Waals surface area contributed by atoms with E-state index in [0.717, 1.165) is 0 Å². The highest BCUT2D eigenvalue weighted by atomic mass is 32.2. The molecule has 3 rings (SSSR count). The molecule has 1 aromatic rings. The maximum Gasteiger partial charge on any atom is 0.393 e. The Morgan fingerprint density at radius 1 is 1.00 bits per heavy atom. The molecule has 1 amide bonds. The first kappa shape index (κ1) is 20.1. The van der Waals surface area contributed by atoms with Crippen molar-refractivity contribution < 1.29 is 26.4 Å². The summed E-state index contributed by atoms with van der Waals surface area (Å²) in [4.78, 5) is 14.2. The van der Waals surface area contributed by atoms with E-state index < -0.39 is 28.0 Å². The Labute approximate surface area is 157 Å². The lowest BCUT2D eigenvalue weighted by molar-refractivity contribution is -0.188. The van der Waals surface area contributed by atoms with Crippen molar-refractivity contribution in [1.82, 2.24) is 9.21 Å². The summed E-state index contributed by atoms with van der Waals surface area (Å²) in [5.74, 6) is -2.45. The Hall–Kier alpha value is -1.61. The number of alkyl halides is 3. The molecular formula is C18H23F3N2O3S. The van der Waals surface area contributed by atoms with E-state index in [2.05, 4.69) is 0 Å². The summed E-state index contributed by atoms with van der Waals surface area (Å²) < 4.78 is 65.8. The van der Waals surface area contributed by atoms with Crippen LogP contribution in [0, 0.1) is 11.8 Å². The second kappa shape index (κ2) is 7.79. The van der Waals surface area contributed by atoms with Crippen molar-refractivity contribution in [2.75, 3.05) is 26.2 Å². The molecule has 0 saturated carbocycles. The molecule has 2 fully saturated rings. The van der Waals surface area contributed by atoms with Crippen LogP contribution in [0.2, 0.25) is 0 Å². The Kier molecular flexibility index (Phi) is 5.81. The fraction of sp³-hybridized carbons (Fsp3) is 0.611. The Morgan fingerprint density at radius 3 is 2.33 bits per heavy atom. The van der Waals surface area contributed by atoms with Crippen LogP contribution in [0.1, 0.15) is 25.7 Å². The first-order valence-electron chi connectivity index (χ1n) is 9.10. The zero-order chi connectivity index (χ0) is 19.7. The van der Waals surface area contributed by atoms with Crippen LogP contribution in [0.3, 0.4) is 0 Å². The van der Waals surface area contributed by atoms with E-state index in [4.69, 9.17) is 0 Å². The molecule has 2 aliphatic rings. The maximum atomic E-state index is 13.0. The number of hydrogen-bond acceptors (Lipinski definition) is 3. The number of hydrogen-bond donors (Lipinski definition) is 0. The van der Waals surface area contributed by atoms with Crippen LogP contribution in [0.15, 0.2) is 35.2 Å². The van der Waals surface area contributed by atoms with E-state index in [1.807, 2.05) is 0 Å². The SMILES string of the molecule is O=C([C@@H]1CCCN(S(=O)(=O)c2ccccc2)C1)N1CCC[C@@H](C(F)(F)F)C1. The minimum Gasteiger partial charge on any atom is -0.342 e. The van der Waals surface area contributed by atoms with Gasteiger partial charge in [-0.1, -0.05) is 18.2 Å². The summed E-state index contributed by atoms with van der Waals surface area (Å²) >= 11 is 0. The van der Waals surface area contributed by atoms with Gasteiger partial charge in [-0.25, -0.2) is 8.42 Å². The average molecular weight is 404 g/mol. The molecule has 2 aliphatic heterocycles. The van der Waals surface area contributed by atoms with Crippen molar-refractivity contribution in [3.05, 3.63) is 30.3 Å². The van der Waals surface area contributed by atoms with Gasteiger partial charge in [-0.05, 0) is 37.8 Å². The zero-order valence-corrected chi connectivity index (χ0v) is 15.7. The lowest BCUT2D eigenvalue weighted by Crippen LogP contribution is -2.50. The Morgan fingerprint density at radius 2 is 1.67 bits per heavy atom. The summed E-state index contributed by atoms with van der Waals surface area (Å²) in [6, 6.07) is 7.97. The third-order valence-corrected chi connectivity index (χ3v) is 7.19. The smallest absolute Gasteiger partial charge is 0.342 e. The highest BCUT2D eigenvalue weighted by Crippen LogP contribution is 2.34. The predicted molar refractivity (Wildman–Crippen MR) is 93.3 cm³/mol. The third kappa shape index (κ3) is 4.45. The second-order valence-corrected chi connectivity index (χ2v) is 9.12. The largest absolute Gasteiger partial charge is 0.393 e. The van der Waals surface area contributed by atoms with E-state index in [9.17, 15) is 26.4 Å². The minimum absolute atomic E-state index is 0.0171. The first-order chi connectivity index (χ1) is 12.7. The summed E-state index contributed by atoms with van der Waals surface area (Å²) in [7, 11) is -3.71. The first-order valence-corrected chi connectivity index (χ1v) is 10.5. The van der Waals surface area contributed by atoms with Gasteiger partial charge in [0.1, 0.15) is 0 Å². The van der Waals surface area contributed by atoms with Crippen molar-refractivity contribution in [2.45, 2.75) is 36.8 Å². The number of sulfonamides is 1. The number of rotatable bonds is 3. The summed E-state index contributed by atoms with van der Waals surface area (Å²) in [6.45, 7) is 0.299. The van der Waals surface area contributed by atoms with E-state index in [1.165, 1.54) is 21.3 Å². The fourth-order valence-corrected chi connectivity index (χ4v) is 5.35. The van der Waals surface area contributed by atoms with Crippen LogP contribution >= 0.6 is 0 Å². The van der Waals surface area contributed by atoms with Gasteiger partial charge in [0.2, 0.25) is 15.9 Å². The van der Waals surface area contributed by atoms with Gasteiger partial charge in [-0.3, -0.25) is 4.79 Å². The molecule has 1 aromatic carbocycles. The van der Waals surface area contributed by atoms with Gasteiger partial charge in [0.25, 0.3) is 0 Å². The van der Waals surface area contributed by atoms with E-state index in [0.29, 0.717) is 32.4 Å². The van der Waals surface area contributed by atoms with Gasteiger partial charge >= 0.3 is 6.18 Å². The summed E-state index contributed by atoms with van der Waals surface area (Å²) in [5, 5.41) is 0. The van der Waals surface area contributed by atoms with Crippen LogP contribution in [0.5, 0.6) is 0 Å². The molecule has 0 aliphatic carbocycles. The highest BCUT2D eigenvalue weighted by molar-refractivity contribution is 7.89. The van der Waals surface area contributed by atoms with E-state index in [-0.39, 0.29) is 30.3 Å². The quantitative estimate of drug-likeness (QED) is 0.779. The molecule has 2 atom stereocenters. The molecule has 9 heteroatoms. The Balaban J connectivity index is 1.70. The standard InChI is InChI=1S/C18H23F3N2O3S/c19-18(20,21)15-7-5-10-22(13-15)17(24)14-6-4-11-23(12-14)27(25,26)16-8-2-1-3-9-16/h1-3,8-9,14-15H,4-7,10-13H2/t14-,15-/m1/s1. The fourth-order valence-electron chi connectivity index (χ4n) is 3.81. The minimum atomic E-state index is -4.31. The number of piperidine rings is 2. The van der Waals surface area contributed by atoms with E-state index >= 15 is 0 Å². The highest BCUT2D eigenvalue weighted by Gasteiger charge is 2.44. The molecule has 2 heterocycles. The van der Waals surface area contributed by atoms with Crippen molar-refractivity contribution in [1.29, 1.82) is 0 Å². The number of amides is 1. The topological polar surface area (TPSA) is 57.7 Å². The lowest BCUT2D eigenvalue weighted by atomic mass is 9.93. The lowest BCUT2D eigenvalue weighted by Gasteiger charge is -2.38. The maximum absolute atomic E-state index is 13.0. The van der Waals surface area contributed by atoms with Crippen molar-refractivity contribution >= 4 is 15.9 Å². The molecule has 27 heavy (non-hydrogen) atoms. The predicted octanol–water partition coefficient (Wildman–Crippen LogP) is 2.89. The van der Waals surface area contributed by atoms with Gasteiger partial charge < -0.3 is 4.90 Å². The average Bonchev–Trinajstić information content (AvgIpc) is 2.67. The molecule has 0 aromatic heterocycles. The third-order valence-electron chi connectivity index (χ3n) is 5.31. The van der Waals surface area contributed by atoms with Crippen molar-refractivity contribution in [3.8, 4) is 0 Å². The number of carbonyl (C=O) groups is 1. The molecule has 0 unspecified atom stereocenters. The number of nitrogens with zero attached hydrogens (tertiary/aromatic N) is 2. The zero-order valence-electron chi connectivity index (χ0n) is 14.9. The van der Waals surface area contributed by atoms with Crippen molar-refractivity contribution in [3.63, 3.8) is 0 Å². The molecule has 5 nitrogen and oxygen atoms in total. The van der Waals surface area contributed by atoms with Gasteiger partial charge in [-0.15, -0.1) is 0 Å². The van der Waals surface area contributed by atoms with Gasteiger partial charge in [0.15, 0.2) is 0 Å². The number of benzene rings is 1. The van der Waals surface area contributed by atoms with Crippen LogP contribution in [-0.4, -0.2) is 55.9 Å². The Bertz CT molecular complexity index is 768. The molecular weight excluding hydrogens is 381 g/mol. The molecule has 0 radical (unpaired) electrons. The normalized spacial score (nSPS) is 25.4. The summed E-state index contributed by atoms with van der Waals surface area (Å²) in [6.07, 6.45) is -2.96. The van der Waals surface area contributed by atoms with Crippen LogP contribution in [0.25, 0.3) is 0 Å². The number of halogens is 3. The van der Waals surface area contributed by atoms with Crippen molar-refractivity contribution in [2.24, 2.45) is 11.8 Å². The summed E-state index contributed by atoms with van der Waals surface area (Å²) in [5.41, 5.74) is 0. The molecule has 0 bridgehead atoms. The van der Waals surface area contributed by atoms with Gasteiger partial charge in [0.05, 0.1) is 16.7 Å². The van der Waals surface area contributed by atoms with E-state index in [1.54, 1.807) is 18.2 Å². The molecule has 0 spiro atoms. The molecule has 150 valence electrons.